The second-order valence-corrected chi connectivity index (χ2v) is 6.02. The predicted octanol–water partition coefficient (Wildman–Crippen LogP) is 3.87. The molecule has 0 atom stereocenters. The van der Waals surface area contributed by atoms with Crippen molar-refractivity contribution < 1.29 is 14.5 Å². The fourth-order valence-corrected chi connectivity index (χ4v) is 3.09. The number of thiazole rings is 1. The number of rotatable bonds is 5. The Kier molecular flexibility index (Phi) is 4.71. The second-order valence-electron chi connectivity index (χ2n) is 4.99. The smallest absolute Gasteiger partial charge is 0.276 e. The summed E-state index contributed by atoms with van der Waals surface area (Å²) in [5.41, 5.74) is 1.05. The SMILES string of the molecule is COc1ccc2nc(NC(=O)/C=C/c3ccccc3[N+](=O)[O-])sc2c1. The van der Waals surface area contributed by atoms with Crippen molar-refractivity contribution in [1.29, 1.82) is 0 Å². The summed E-state index contributed by atoms with van der Waals surface area (Å²) < 4.78 is 6.04. The normalized spacial score (nSPS) is 10.9. The number of carbonyl (C=O) groups excluding carboxylic acids is 1. The molecule has 1 N–H and O–H groups in total. The van der Waals surface area contributed by atoms with Crippen LogP contribution in [0.3, 0.4) is 0 Å². The highest BCUT2D eigenvalue weighted by Gasteiger charge is 2.11. The maximum atomic E-state index is 12.0. The van der Waals surface area contributed by atoms with Gasteiger partial charge in [0.15, 0.2) is 5.13 Å². The summed E-state index contributed by atoms with van der Waals surface area (Å²) in [4.78, 5) is 26.8. The Balaban J connectivity index is 1.75. The molecule has 1 amide bonds. The molecule has 0 unspecified atom stereocenters. The summed E-state index contributed by atoms with van der Waals surface area (Å²) in [7, 11) is 1.58. The highest BCUT2D eigenvalue weighted by molar-refractivity contribution is 7.22. The molecule has 1 aromatic heterocycles. The zero-order valence-corrected chi connectivity index (χ0v) is 13.9. The highest BCUT2D eigenvalue weighted by atomic mass is 32.1. The van der Waals surface area contributed by atoms with Gasteiger partial charge in [0.25, 0.3) is 5.69 Å². The van der Waals surface area contributed by atoms with E-state index in [0.717, 1.165) is 10.2 Å². The molecule has 0 bridgehead atoms. The Morgan fingerprint density at radius 3 is 2.88 bits per heavy atom. The van der Waals surface area contributed by atoms with Crippen molar-refractivity contribution in [3.63, 3.8) is 0 Å². The number of methoxy groups -OCH3 is 1. The Bertz CT molecular complexity index is 981. The summed E-state index contributed by atoms with van der Waals surface area (Å²) in [5, 5.41) is 14.1. The monoisotopic (exact) mass is 355 g/mol. The van der Waals surface area contributed by atoms with Crippen molar-refractivity contribution in [2.45, 2.75) is 0 Å². The molecule has 0 radical (unpaired) electrons. The molecular formula is C17H13N3O4S. The first-order chi connectivity index (χ1) is 12.1. The molecule has 0 aliphatic heterocycles. The molecule has 0 aliphatic carbocycles. The van der Waals surface area contributed by atoms with Crippen LogP contribution >= 0.6 is 11.3 Å². The summed E-state index contributed by atoms with van der Waals surface area (Å²) in [6, 6.07) is 11.7. The number of ether oxygens (including phenoxy) is 1. The van der Waals surface area contributed by atoms with E-state index in [1.54, 1.807) is 31.4 Å². The van der Waals surface area contributed by atoms with Gasteiger partial charge in [0.2, 0.25) is 5.91 Å². The zero-order valence-electron chi connectivity index (χ0n) is 13.1. The lowest BCUT2D eigenvalue weighted by molar-refractivity contribution is -0.385. The van der Waals surface area contributed by atoms with Crippen LogP contribution in [0, 0.1) is 10.1 Å². The van der Waals surface area contributed by atoms with Gasteiger partial charge in [0.05, 0.1) is 27.8 Å². The molecule has 3 aromatic rings. The van der Waals surface area contributed by atoms with Crippen LogP contribution < -0.4 is 10.1 Å². The van der Waals surface area contributed by atoms with Gasteiger partial charge < -0.3 is 4.74 Å². The molecule has 126 valence electrons. The van der Waals surface area contributed by atoms with Crippen LogP contribution in [0.5, 0.6) is 5.75 Å². The minimum absolute atomic E-state index is 0.0568. The number of hydrogen-bond donors (Lipinski definition) is 1. The Morgan fingerprint density at radius 2 is 2.12 bits per heavy atom. The fraction of sp³-hybridized carbons (Fsp3) is 0.0588. The van der Waals surface area contributed by atoms with Crippen molar-refractivity contribution in [3.05, 3.63) is 64.2 Å². The third kappa shape index (κ3) is 3.81. The van der Waals surface area contributed by atoms with E-state index in [1.807, 2.05) is 12.1 Å². The van der Waals surface area contributed by atoms with E-state index in [0.29, 0.717) is 16.4 Å². The summed E-state index contributed by atoms with van der Waals surface area (Å²) in [6.45, 7) is 0. The van der Waals surface area contributed by atoms with Crippen molar-refractivity contribution in [2.75, 3.05) is 12.4 Å². The van der Waals surface area contributed by atoms with Gasteiger partial charge in [-0.05, 0) is 30.3 Å². The maximum absolute atomic E-state index is 12.0. The number of nitrogens with zero attached hydrogens (tertiary/aromatic N) is 2. The molecule has 0 spiro atoms. The molecule has 8 heteroatoms. The van der Waals surface area contributed by atoms with Crippen LogP contribution in [0.1, 0.15) is 5.56 Å². The standard InChI is InChI=1S/C17H13N3O4S/c1-24-12-7-8-13-15(10-12)25-17(18-13)19-16(21)9-6-11-4-2-3-5-14(11)20(22)23/h2-10H,1H3,(H,18,19,21)/b9-6+. The second kappa shape index (κ2) is 7.10. The van der Waals surface area contributed by atoms with E-state index in [9.17, 15) is 14.9 Å². The molecule has 1 heterocycles. The topological polar surface area (TPSA) is 94.4 Å². The predicted molar refractivity (Wildman–Crippen MR) is 96.9 cm³/mol. The number of carbonyl (C=O) groups is 1. The number of fused-ring (bicyclic) bond motifs is 1. The number of benzene rings is 2. The molecule has 3 rings (SSSR count). The third-order valence-electron chi connectivity index (χ3n) is 3.37. The van der Waals surface area contributed by atoms with Crippen molar-refractivity contribution in [1.82, 2.24) is 4.98 Å². The van der Waals surface area contributed by atoms with Crippen molar-refractivity contribution >= 4 is 44.4 Å². The van der Waals surface area contributed by atoms with Crippen molar-refractivity contribution in [2.24, 2.45) is 0 Å². The quantitative estimate of drug-likeness (QED) is 0.426. The van der Waals surface area contributed by atoms with E-state index >= 15 is 0 Å². The van der Waals surface area contributed by atoms with Gasteiger partial charge in [0.1, 0.15) is 5.75 Å². The summed E-state index contributed by atoms with van der Waals surface area (Å²) in [5.74, 6) is 0.300. The lowest BCUT2D eigenvalue weighted by Gasteiger charge is -1.97. The van der Waals surface area contributed by atoms with Crippen LogP contribution in [0.15, 0.2) is 48.5 Å². The average Bonchev–Trinajstić information content (AvgIpc) is 3.01. The molecule has 0 saturated heterocycles. The Morgan fingerprint density at radius 1 is 1.32 bits per heavy atom. The third-order valence-corrected chi connectivity index (χ3v) is 4.31. The summed E-state index contributed by atoms with van der Waals surface area (Å²) >= 11 is 1.32. The Hall–Kier alpha value is -3.26. The number of nitro groups is 1. The molecule has 7 nitrogen and oxygen atoms in total. The molecular weight excluding hydrogens is 342 g/mol. The van der Waals surface area contributed by atoms with E-state index in [4.69, 9.17) is 4.74 Å². The van der Waals surface area contributed by atoms with Crippen LogP contribution in [0.4, 0.5) is 10.8 Å². The lowest BCUT2D eigenvalue weighted by atomic mass is 10.1. The average molecular weight is 355 g/mol. The number of nitro benzene ring substituents is 1. The van der Waals surface area contributed by atoms with E-state index in [2.05, 4.69) is 10.3 Å². The molecule has 2 aromatic carbocycles. The van der Waals surface area contributed by atoms with Crippen LogP contribution in [-0.4, -0.2) is 22.9 Å². The number of para-hydroxylation sites is 1. The van der Waals surface area contributed by atoms with Crippen LogP contribution in [0.2, 0.25) is 0 Å². The van der Waals surface area contributed by atoms with Gasteiger partial charge >= 0.3 is 0 Å². The van der Waals surface area contributed by atoms with Gasteiger partial charge in [-0.25, -0.2) is 4.98 Å². The van der Waals surface area contributed by atoms with E-state index in [1.165, 1.54) is 29.6 Å². The number of hydrogen-bond acceptors (Lipinski definition) is 6. The summed E-state index contributed by atoms with van der Waals surface area (Å²) in [6.07, 6.45) is 2.65. The van der Waals surface area contributed by atoms with Gasteiger partial charge in [-0.2, -0.15) is 0 Å². The maximum Gasteiger partial charge on any atom is 0.276 e. The Labute approximate surface area is 146 Å². The first kappa shape index (κ1) is 16.6. The minimum atomic E-state index is -0.488. The fourth-order valence-electron chi connectivity index (χ4n) is 2.19. The van der Waals surface area contributed by atoms with Crippen LogP contribution in [0.25, 0.3) is 16.3 Å². The molecule has 0 aliphatic rings. The molecule has 0 saturated carbocycles. The number of anilines is 1. The largest absolute Gasteiger partial charge is 0.497 e. The molecule has 25 heavy (non-hydrogen) atoms. The van der Waals surface area contributed by atoms with Gasteiger partial charge in [-0.1, -0.05) is 23.5 Å². The first-order valence-corrected chi connectivity index (χ1v) is 8.05. The van der Waals surface area contributed by atoms with Crippen LogP contribution in [-0.2, 0) is 4.79 Å². The van der Waals surface area contributed by atoms with Gasteiger partial charge in [0, 0.05) is 12.1 Å². The number of amides is 1. The lowest BCUT2D eigenvalue weighted by Crippen LogP contribution is -2.07. The van der Waals surface area contributed by atoms with Crippen molar-refractivity contribution in [3.8, 4) is 5.75 Å². The minimum Gasteiger partial charge on any atom is -0.497 e. The van der Waals surface area contributed by atoms with E-state index < -0.39 is 10.8 Å². The zero-order chi connectivity index (χ0) is 17.8. The van der Waals surface area contributed by atoms with E-state index in [-0.39, 0.29) is 5.69 Å². The van der Waals surface area contributed by atoms with Gasteiger partial charge in [-0.3, -0.25) is 20.2 Å². The highest BCUT2D eigenvalue weighted by Crippen LogP contribution is 2.29. The number of aromatic nitrogens is 1. The van der Waals surface area contributed by atoms with Gasteiger partial charge in [-0.15, -0.1) is 0 Å². The molecule has 0 fully saturated rings. The number of nitrogens with one attached hydrogen (secondary N) is 1. The first-order valence-electron chi connectivity index (χ1n) is 7.24.